The second-order valence-corrected chi connectivity index (χ2v) is 8.10. The highest BCUT2D eigenvalue weighted by atomic mass is 19.2. The summed E-state index contributed by atoms with van der Waals surface area (Å²) in [5.41, 5.74) is -2.34. The lowest BCUT2D eigenvalue weighted by atomic mass is 9.75. The van der Waals surface area contributed by atoms with Crippen LogP contribution in [-0.2, 0) is 15.1 Å². The Balaban J connectivity index is 1.94. The average Bonchev–Trinajstić information content (AvgIpc) is 2.54. The summed E-state index contributed by atoms with van der Waals surface area (Å²) >= 11 is 0. The van der Waals surface area contributed by atoms with Crippen LogP contribution in [-0.4, -0.2) is 47.0 Å². The number of carbonyl (C=O) groups excluding carboxylic acids is 1. The normalized spacial score (nSPS) is 27.8. The van der Waals surface area contributed by atoms with Crippen LogP contribution in [0, 0.1) is 23.0 Å². The Morgan fingerprint density at radius 3 is 2.37 bits per heavy atom. The number of halogens is 2. The minimum absolute atomic E-state index is 0.0303. The largest absolute Gasteiger partial charge is 0.444 e. The molecular formula is C19H22F2N2O4. The number of hydrogen-bond donors (Lipinski definition) is 1. The van der Waals surface area contributed by atoms with Gasteiger partial charge >= 0.3 is 6.09 Å². The molecule has 0 aromatic heterocycles. The number of fused-ring (bicyclic) bond motifs is 2. The van der Waals surface area contributed by atoms with E-state index in [1.54, 1.807) is 25.7 Å². The molecule has 1 aromatic rings. The van der Waals surface area contributed by atoms with E-state index in [0.717, 1.165) is 12.1 Å². The SMILES string of the molecule is CC(C)(C)OC(=O)N1C2COCC1CC(O)(c1cc(F)c(F)cc1C#N)C2. The van der Waals surface area contributed by atoms with Crippen LogP contribution in [0.15, 0.2) is 12.1 Å². The number of rotatable bonds is 1. The summed E-state index contributed by atoms with van der Waals surface area (Å²) in [4.78, 5) is 14.2. The van der Waals surface area contributed by atoms with Crippen LogP contribution in [0.3, 0.4) is 0 Å². The molecule has 27 heavy (non-hydrogen) atoms. The molecular weight excluding hydrogens is 358 g/mol. The van der Waals surface area contributed by atoms with Crippen LogP contribution in [0.1, 0.15) is 44.7 Å². The lowest BCUT2D eigenvalue weighted by molar-refractivity contribution is -0.141. The summed E-state index contributed by atoms with van der Waals surface area (Å²) in [7, 11) is 0. The fourth-order valence-electron chi connectivity index (χ4n) is 3.83. The van der Waals surface area contributed by atoms with Gasteiger partial charge in [0.15, 0.2) is 11.6 Å². The van der Waals surface area contributed by atoms with Gasteiger partial charge in [0.2, 0.25) is 0 Å². The van der Waals surface area contributed by atoms with E-state index in [0.29, 0.717) is 0 Å². The van der Waals surface area contributed by atoms with Crippen LogP contribution in [0.25, 0.3) is 0 Å². The Morgan fingerprint density at radius 2 is 1.85 bits per heavy atom. The molecule has 0 radical (unpaired) electrons. The van der Waals surface area contributed by atoms with E-state index in [1.807, 2.05) is 6.07 Å². The molecule has 2 fully saturated rings. The Bertz CT molecular complexity index is 786. The summed E-state index contributed by atoms with van der Waals surface area (Å²) in [5, 5.41) is 20.5. The quantitative estimate of drug-likeness (QED) is 0.810. The predicted octanol–water partition coefficient (Wildman–Crippen LogP) is 2.82. The molecule has 6 nitrogen and oxygen atoms in total. The van der Waals surface area contributed by atoms with Crippen molar-refractivity contribution < 1.29 is 28.2 Å². The van der Waals surface area contributed by atoms with Gasteiger partial charge < -0.3 is 14.6 Å². The molecule has 2 bridgehead atoms. The number of nitrogens with zero attached hydrogens (tertiary/aromatic N) is 2. The number of ether oxygens (including phenoxy) is 2. The van der Waals surface area contributed by atoms with Crippen LogP contribution in [0.5, 0.6) is 0 Å². The number of hydrogen-bond acceptors (Lipinski definition) is 5. The summed E-state index contributed by atoms with van der Waals surface area (Å²) < 4.78 is 38.3. The van der Waals surface area contributed by atoms with Crippen molar-refractivity contribution >= 4 is 6.09 Å². The third kappa shape index (κ3) is 3.75. The minimum atomic E-state index is -1.57. The van der Waals surface area contributed by atoms with Gasteiger partial charge in [0.05, 0.1) is 42.5 Å². The van der Waals surface area contributed by atoms with Crippen molar-refractivity contribution in [2.24, 2.45) is 0 Å². The Labute approximate surface area is 156 Å². The Hall–Kier alpha value is -2.24. The van der Waals surface area contributed by atoms with E-state index >= 15 is 0 Å². The first kappa shape index (κ1) is 19.5. The maximum absolute atomic E-state index is 13.8. The van der Waals surface area contributed by atoms with Gasteiger partial charge in [0.1, 0.15) is 5.60 Å². The number of aliphatic hydroxyl groups is 1. The molecule has 0 spiro atoms. The zero-order valence-electron chi connectivity index (χ0n) is 15.5. The number of benzene rings is 1. The molecule has 2 unspecified atom stereocenters. The molecule has 2 saturated heterocycles. The van der Waals surface area contributed by atoms with Crippen LogP contribution in [0.2, 0.25) is 0 Å². The fourth-order valence-corrected chi connectivity index (χ4v) is 3.83. The summed E-state index contributed by atoms with van der Waals surface area (Å²) in [6.07, 6.45) is -0.445. The number of morpholine rings is 1. The van der Waals surface area contributed by atoms with E-state index in [9.17, 15) is 23.9 Å². The highest BCUT2D eigenvalue weighted by Crippen LogP contribution is 2.43. The average molecular weight is 380 g/mol. The summed E-state index contributed by atoms with van der Waals surface area (Å²) in [6, 6.07) is 2.46. The molecule has 1 amide bonds. The van der Waals surface area contributed by atoms with Crippen LogP contribution >= 0.6 is 0 Å². The highest BCUT2D eigenvalue weighted by Gasteiger charge is 2.50. The van der Waals surface area contributed by atoms with E-state index in [1.165, 1.54) is 0 Å². The van der Waals surface area contributed by atoms with Crippen molar-refractivity contribution in [1.82, 2.24) is 4.90 Å². The number of nitriles is 1. The topological polar surface area (TPSA) is 82.8 Å². The van der Waals surface area contributed by atoms with Crippen molar-refractivity contribution in [3.05, 3.63) is 34.9 Å². The second kappa shape index (κ2) is 6.73. The molecule has 1 N–H and O–H groups in total. The monoisotopic (exact) mass is 380 g/mol. The van der Waals surface area contributed by atoms with E-state index < -0.39 is 41.0 Å². The fraction of sp³-hybridized carbons (Fsp3) is 0.579. The van der Waals surface area contributed by atoms with Gasteiger partial charge in [0.25, 0.3) is 0 Å². The molecule has 8 heteroatoms. The lowest BCUT2D eigenvalue weighted by Gasteiger charge is -2.51. The molecule has 2 aliphatic heterocycles. The molecule has 2 atom stereocenters. The molecule has 1 aromatic carbocycles. The van der Waals surface area contributed by atoms with Crippen molar-refractivity contribution in [1.29, 1.82) is 5.26 Å². The van der Waals surface area contributed by atoms with Crippen molar-refractivity contribution in [2.45, 2.75) is 56.9 Å². The van der Waals surface area contributed by atoms with E-state index in [2.05, 4.69) is 0 Å². The lowest BCUT2D eigenvalue weighted by Crippen LogP contribution is -2.63. The number of carbonyl (C=O) groups is 1. The summed E-state index contributed by atoms with van der Waals surface area (Å²) in [5.74, 6) is -2.28. The van der Waals surface area contributed by atoms with Gasteiger partial charge in [-0.1, -0.05) is 0 Å². The van der Waals surface area contributed by atoms with E-state index in [4.69, 9.17) is 9.47 Å². The van der Waals surface area contributed by atoms with Gasteiger partial charge in [-0.05, 0) is 32.9 Å². The standard InChI is InChI=1S/C19H22F2N2O4/c1-18(2,3)27-17(24)23-12-6-19(25,7-13(23)10-26-9-12)14-5-16(21)15(20)4-11(14)8-22/h4-5,12-13,25H,6-7,9-10H2,1-3H3. The summed E-state index contributed by atoms with van der Waals surface area (Å²) in [6.45, 7) is 5.65. The van der Waals surface area contributed by atoms with Crippen molar-refractivity contribution in [2.75, 3.05) is 13.2 Å². The maximum atomic E-state index is 13.8. The van der Waals surface area contributed by atoms with E-state index in [-0.39, 0.29) is 37.2 Å². The molecule has 3 rings (SSSR count). The van der Waals surface area contributed by atoms with Gasteiger partial charge in [0, 0.05) is 18.4 Å². The third-order valence-electron chi connectivity index (χ3n) is 4.84. The molecule has 0 aliphatic carbocycles. The first-order valence-electron chi connectivity index (χ1n) is 8.75. The van der Waals surface area contributed by atoms with Crippen LogP contribution in [0.4, 0.5) is 13.6 Å². The first-order valence-corrected chi connectivity index (χ1v) is 8.75. The predicted molar refractivity (Wildman–Crippen MR) is 90.7 cm³/mol. The zero-order valence-corrected chi connectivity index (χ0v) is 15.5. The maximum Gasteiger partial charge on any atom is 0.410 e. The van der Waals surface area contributed by atoms with Gasteiger partial charge in [-0.25, -0.2) is 13.6 Å². The van der Waals surface area contributed by atoms with Gasteiger partial charge in [-0.15, -0.1) is 0 Å². The molecule has 0 saturated carbocycles. The van der Waals surface area contributed by atoms with Crippen LogP contribution < -0.4 is 0 Å². The minimum Gasteiger partial charge on any atom is -0.444 e. The molecule has 2 aliphatic rings. The highest BCUT2D eigenvalue weighted by molar-refractivity contribution is 5.69. The molecule has 2 heterocycles. The van der Waals surface area contributed by atoms with Gasteiger partial charge in [-0.3, -0.25) is 4.90 Å². The second-order valence-electron chi connectivity index (χ2n) is 8.10. The van der Waals surface area contributed by atoms with Crippen molar-refractivity contribution in [3.63, 3.8) is 0 Å². The third-order valence-corrected chi connectivity index (χ3v) is 4.84. The molecule has 146 valence electrons. The zero-order chi connectivity index (χ0) is 20.0. The smallest absolute Gasteiger partial charge is 0.410 e. The number of piperidine rings is 1. The number of amides is 1. The Kier molecular flexibility index (Phi) is 4.87. The Morgan fingerprint density at radius 1 is 1.30 bits per heavy atom. The van der Waals surface area contributed by atoms with Crippen molar-refractivity contribution in [3.8, 4) is 6.07 Å². The van der Waals surface area contributed by atoms with Gasteiger partial charge in [-0.2, -0.15) is 5.26 Å². The first-order chi connectivity index (χ1) is 12.5.